The number of nitrogens with two attached hydrogens (primary N) is 1. The van der Waals surface area contributed by atoms with Crippen LogP contribution in [-0.2, 0) is 4.74 Å². The van der Waals surface area contributed by atoms with Crippen LogP contribution >= 0.6 is 23.8 Å². The van der Waals surface area contributed by atoms with Crippen LogP contribution in [0.15, 0.2) is 54.7 Å². The van der Waals surface area contributed by atoms with Crippen LogP contribution in [-0.4, -0.2) is 51.9 Å². The molecule has 7 nitrogen and oxygen atoms in total. The van der Waals surface area contributed by atoms with E-state index in [-0.39, 0.29) is 29.9 Å². The van der Waals surface area contributed by atoms with Gasteiger partial charge in [-0.15, -0.1) is 0 Å². The predicted octanol–water partition coefficient (Wildman–Crippen LogP) is 4.06. The molecule has 0 aliphatic carbocycles. The monoisotopic (exact) mass is 526 g/mol. The molecule has 186 valence electrons. The van der Waals surface area contributed by atoms with E-state index in [2.05, 4.69) is 15.2 Å². The molecule has 2 aromatic carbocycles. The number of aliphatic hydroxyl groups excluding tert-OH is 1. The summed E-state index contributed by atoms with van der Waals surface area (Å²) in [5.41, 5.74) is 8.71. The number of ether oxygens (including phenoxy) is 1. The number of pyridine rings is 1. The third-order valence-electron chi connectivity index (χ3n) is 6.72. The van der Waals surface area contributed by atoms with Gasteiger partial charge in [-0.25, -0.2) is 9.37 Å². The Morgan fingerprint density at radius 2 is 2.17 bits per heavy atom. The van der Waals surface area contributed by atoms with Gasteiger partial charge in [-0.1, -0.05) is 29.8 Å². The van der Waals surface area contributed by atoms with Crippen LogP contribution in [0, 0.1) is 5.82 Å². The number of rotatable bonds is 6. The number of nitrogen functional groups attached to an aromatic ring is 1. The number of carbonyl (C=O) groups is 1. The normalized spacial score (nSPS) is 19.6. The molecular formula is C26H24ClFN4O3S. The van der Waals surface area contributed by atoms with Gasteiger partial charge in [0, 0.05) is 29.2 Å². The number of thiocarbonyl (C=S) groups is 1. The minimum Gasteiger partial charge on any atom is -0.469 e. The van der Waals surface area contributed by atoms with Gasteiger partial charge in [-0.05, 0) is 65.7 Å². The lowest BCUT2D eigenvalue weighted by molar-refractivity contribution is 0.0912. The maximum Gasteiger partial charge on any atom is 0.259 e. The number of anilines is 1. The number of fused-ring (bicyclic) bond motifs is 1. The number of hydrogen-bond donors (Lipinski definition) is 3. The summed E-state index contributed by atoms with van der Waals surface area (Å²) < 4.78 is 20.5. The van der Waals surface area contributed by atoms with Crippen LogP contribution in [0.1, 0.15) is 39.9 Å². The lowest BCUT2D eigenvalue weighted by Gasteiger charge is -2.18. The molecule has 1 amide bonds. The Morgan fingerprint density at radius 1 is 1.33 bits per heavy atom. The fourth-order valence-corrected chi connectivity index (χ4v) is 5.29. The predicted molar refractivity (Wildman–Crippen MR) is 139 cm³/mol. The number of hydrogen-bond acceptors (Lipinski definition) is 6. The molecule has 4 N–H and O–H groups in total. The van der Waals surface area contributed by atoms with Crippen LogP contribution in [0.3, 0.4) is 0 Å². The highest BCUT2D eigenvalue weighted by molar-refractivity contribution is 7.80. The first-order valence-corrected chi connectivity index (χ1v) is 12.3. The zero-order valence-corrected chi connectivity index (χ0v) is 20.7. The zero-order valence-electron chi connectivity index (χ0n) is 19.2. The van der Waals surface area contributed by atoms with Crippen molar-refractivity contribution in [3.8, 4) is 11.1 Å². The van der Waals surface area contributed by atoms with Gasteiger partial charge < -0.3 is 25.8 Å². The second-order valence-corrected chi connectivity index (χ2v) is 9.76. The molecule has 3 aromatic rings. The van der Waals surface area contributed by atoms with Gasteiger partial charge in [-0.3, -0.25) is 4.79 Å². The van der Waals surface area contributed by atoms with Crippen molar-refractivity contribution in [1.29, 1.82) is 0 Å². The first kappa shape index (κ1) is 24.4. The summed E-state index contributed by atoms with van der Waals surface area (Å²) in [6.07, 6.45) is 2.63. The van der Waals surface area contributed by atoms with E-state index in [1.54, 1.807) is 36.5 Å². The van der Waals surface area contributed by atoms with Crippen molar-refractivity contribution in [3.63, 3.8) is 0 Å². The Hall–Kier alpha value is -3.27. The van der Waals surface area contributed by atoms with E-state index in [1.165, 1.54) is 12.1 Å². The molecule has 0 unspecified atom stereocenters. The third-order valence-corrected chi connectivity index (χ3v) is 7.31. The van der Waals surface area contributed by atoms with Gasteiger partial charge in [0.1, 0.15) is 18.2 Å². The molecule has 0 bridgehead atoms. The first-order valence-electron chi connectivity index (χ1n) is 11.5. The maximum absolute atomic E-state index is 15.1. The molecule has 0 saturated carbocycles. The summed E-state index contributed by atoms with van der Waals surface area (Å²) in [4.78, 5) is 19.2. The number of halogens is 2. The second kappa shape index (κ2) is 10.0. The Kier molecular flexibility index (Phi) is 6.79. The molecule has 5 rings (SSSR count). The summed E-state index contributed by atoms with van der Waals surface area (Å²) >= 11 is 11.3. The van der Waals surface area contributed by atoms with Crippen molar-refractivity contribution in [2.75, 3.05) is 25.5 Å². The highest BCUT2D eigenvalue weighted by Crippen LogP contribution is 2.37. The molecule has 2 saturated heterocycles. The Labute approximate surface area is 218 Å². The van der Waals surface area contributed by atoms with Crippen LogP contribution in [0.25, 0.3) is 11.1 Å². The Bertz CT molecular complexity index is 1340. The van der Waals surface area contributed by atoms with E-state index in [1.807, 2.05) is 6.07 Å². The third kappa shape index (κ3) is 4.74. The van der Waals surface area contributed by atoms with Crippen molar-refractivity contribution in [3.05, 3.63) is 82.3 Å². The fourth-order valence-electron chi connectivity index (χ4n) is 4.80. The summed E-state index contributed by atoms with van der Waals surface area (Å²) in [6.45, 7) is 0.964. The fraction of sp³-hybridized carbons (Fsp3) is 0.269. The molecule has 10 heteroatoms. The smallest absolute Gasteiger partial charge is 0.259 e. The Balaban J connectivity index is 1.36. The van der Waals surface area contributed by atoms with Crippen molar-refractivity contribution < 1.29 is 19.0 Å². The second-order valence-electron chi connectivity index (χ2n) is 8.98. The standard InChI is InChI=1S/C26H24ClFN4O3S/c27-18-3-1-2-15(6-18)23(12-33)31-25(34)20-5-4-14(9-22(20)28)21-8-16(10-30-24(21)29)17-7-19-13-35-26(36)32(19)11-17/h1-6,8-10,17,19,23,33H,7,11-13H2,(H2,29,30)(H,31,34)/t17-,19-,23+/m0/s1. The molecule has 1 aromatic heterocycles. The summed E-state index contributed by atoms with van der Waals surface area (Å²) in [5, 5.41) is 13.4. The van der Waals surface area contributed by atoms with Gasteiger partial charge in [0.05, 0.1) is 24.3 Å². The minimum absolute atomic E-state index is 0.146. The van der Waals surface area contributed by atoms with Crippen LogP contribution in [0.5, 0.6) is 0 Å². The van der Waals surface area contributed by atoms with E-state index in [0.29, 0.717) is 33.5 Å². The number of nitrogens with zero attached hydrogens (tertiary/aromatic N) is 2. The lowest BCUT2D eigenvalue weighted by Crippen LogP contribution is -2.31. The number of aromatic nitrogens is 1. The SMILES string of the molecule is Nc1ncc([C@H]2C[C@H]3COC(=S)N3C2)cc1-c1ccc(C(=O)N[C@H](CO)c2cccc(Cl)c2)c(F)c1. The quantitative estimate of drug-likeness (QED) is 0.416. The van der Waals surface area contributed by atoms with Crippen molar-refractivity contribution in [2.24, 2.45) is 0 Å². The van der Waals surface area contributed by atoms with E-state index in [0.717, 1.165) is 18.5 Å². The average molecular weight is 527 g/mol. The molecule has 0 spiro atoms. The van der Waals surface area contributed by atoms with Gasteiger partial charge >= 0.3 is 0 Å². The molecule has 0 radical (unpaired) electrons. The van der Waals surface area contributed by atoms with Crippen LogP contribution in [0.2, 0.25) is 5.02 Å². The zero-order chi connectivity index (χ0) is 25.4. The Morgan fingerprint density at radius 3 is 2.89 bits per heavy atom. The number of carbonyl (C=O) groups excluding carboxylic acids is 1. The molecule has 2 aliphatic heterocycles. The molecular weight excluding hydrogens is 503 g/mol. The van der Waals surface area contributed by atoms with E-state index >= 15 is 4.39 Å². The first-order chi connectivity index (χ1) is 17.3. The molecule has 36 heavy (non-hydrogen) atoms. The number of aliphatic hydroxyl groups is 1. The summed E-state index contributed by atoms with van der Waals surface area (Å²) in [6, 6.07) is 12.5. The number of nitrogens with one attached hydrogen (secondary N) is 1. The van der Waals surface area contributed by atoms with Gasteiger partial charge in [0.15, 0.2) is 0 Å². The van der Waals surface area contributed by atoms with E-state index < -0.39 is 17.8 Å². The topological polar surface area (TPSA) is 101 Å². The van der Waals surface area contributed by atoms with Gasteiger partial charge in [0.25, 0.3) is 11.1 Å². The minimum atomic E-state index is -0.730. The highest BCUT2D eigenvalue weighted by Gasteiger charge is 2.40. The lowest BCUT2D eigenvalue weighted by atomic mass is 9.94. The molecule has 2 aliphatic rings. The number of amides is 1. The largest absolute Gasteiger partial charge is 0.469 e. The van der Waals surface area contributed by atoms with Crippen molar-refractivity contribution in [1.82, 2.24) is 15.2 Å². The van der Waals surface area contributed by atoms with E-state index in [4.69, 9.17) is 34.3 Å². The number of benzene rings is 2. The van der Waals surface area contributed by atoms with Crippen molar-refractivity contribution >= 4 is 40.7 Å². The molecule has 3 atom stereocenters. The van der Waals surface area contributed by atoms with Crippen molar-refractivity contribution in [2.45, 2.75) is 24.4 Å². The van der Waals surface area contributed by atoms with Crippen LogP contribution < -0.4 is 11.1 Å². The average Bonchev–Trinajstić information content (AvgIpc) is 3.44. The van der Waals surface area contributed by atoms with E-state index in [9.17, 15) is 9.90 Å². The molecule has 3 heterocycles. The highest BCUT2D eigenvalue weighted by atomic mass is 35.5. The van der Waals surface area contributed by atoms with Gasteiger partial charge in [0.2, 0.25) is 0 Å². The maximum atomic E-state index is 15.1. The summed E-state index contributed by atoms with van der Waals surface area (Å²) in [5.74, 6) is -0.876. The van der Waals surface area contributed by atoms with Crippen LogP contribution in [0.4, 0.5) is 10.2 Å². The molecule has 2 fully saturated rings. The van der Waals surface area contributed by atoms with Gasteiger partial charge in [-0.2, -0.15) is 0 Å². The summed E-state index contributed by atoms with van der Waals surface area (Å²) in [7, 11) is 0.